The summed E-state index contributed by atoms with van der Waals surface area (Å²) in [7, 11) is 1.89. The molecule has 1 amide bonds. The first-order valence-corrected chi connectivity index (χ1v) is 7.29. The molecule has 18 heavy (non-hydrogen) atoms. The molecule has 1 fully saturated rings. The number of rotatable bonds is 8. The minimum atomic E-state index is 0.256. The van der Waals surface area contributed by atoms with Gasteiger partial charge in [-0.15, -0.1) is 0 Å². The first kappa shape index (κ1) is 15.4. The third kappa shape index (κ3) is 6.36. The Morgan fingerprint density at radius 1 is 1.39 bits per heavy atom. The Labute approximate surface area is 111 Å². The van der Waals surface area contributed by atoms with Crippen LogP contribution in [-0.2, 0) is 4.79 Å². The first-order valence-electron chi connectivity index (χ1n) is 7.29. The van der Waals surface area contributed by atoms with Gasteiger partial charge in [-0.25, -0.2) is 0 Å². The fourth-order valence-corrected chi connectivity index (χ4v) is 2.45. The third-order valence-corrected chi connectivity index (χ3v) is 3.74. The topological polar surface area (TPSA) is 52.6 Å². The van der Waals surface area contributed by atoms with Crippen molar-refractivity contribution in [1.29, 1.82) is 0 Å². The summed E-state index contributed by atoms with van der Waals surface area (Å²) in [5.41, 5.74) is 0. The largest absolute Gasteiger partial charge is 0.396 e. The Hall–Kier alpha value is -0.610. The monoisotopic (exact) mass is 256 g/mol. The van der Waals surface area contributed by atoms with Crippen LogP contribution in [0.3, 0.4) is 0 Å². The zero-order valence-corrected chi connectivity index (χ0v) is 11.7. The molecule has 106 valence electrons. The summed E-state index contributed by atoms with van der Waals surface area (Å²) in [6.07, 6.45) is 7.05. The zero-order chi connectivity index (χ0) is 13.2. The van der Waals surface area contributed by atoms with Crippen molar-refractivity contribution >= 4 is 5.91 Å². The van der Waals surface area contributed by atoms with Crippen LogP contribution in [0.15, 0.2) is 0 Å². The van der Waals surface area contributed by atoms with Gasteiger partial charge in [0, 0.05) is 26.6 Å². The lowest BCUT2D eigenvalue weighted by Crippen LogP contribution is -2.32. The van der Waals surface area contributed by atoms with Crippen molar-refractivity contribution in [2.24, 2.45) is 5.92 Å². The Kier molecular flexibility index (Phi) is 8.01. The number of nitrogens with one attached hydrogen (secondary N) is 1. The summed E-state index contributed by atoms with van der Waals surface area (Å²) in [5, 5.41) is 12.1. The molecule has 1 aliphatic rings. The highest BCUT2D eigenvalue weighted by molar-refractivity contribution is 5.75. The number of nitrogens with zero attached hydrogens (tertiary/aromatic N) is 1. The van der Waals surface area contributed by atoms with E-state index in [-0.39, 0.29) is 12.5 Å². The Bertz CT molecular complexity index is 228. The molecule has 4 heteroatoms. The standard InChI is InChI=1S/C14H28N2O2/c1-16(10-3-2-4-11-17)14(18)8-7-13-6-5-9-15-12-13/h13,15,17H,2-12H2,1H3. The highest BCUT2D eigenvalue weighted by Crippen LogP contribution is 2.16. The third-order valence-electron chi connectivity index (χ3n) is 3.74. The number of unbranched alkanes of at least 4 members (excludes halogenated alkanes) is 2. The number of hydrogen-bond donors (Lipinski definition) is 2. The average Bonchev–Trinajstić information content (AvgIpc) is 2.42. The molecule has 2 N–H and O–H groups in total. The van der Waals surface area contributed by atoms with E-state index in [1.807, 2.05) is 11.9 Å². The number of piperidine rings is 1. The first-order chi connectivity index (χ1) is 8.74. The van der Waals surface area contributed by atoms with Gasteiger partial charge in [-0.1, -0.05) is 0 Å². The van der Waals surface area contributed by atoms with Gasteiger partial charge in [0.15, 0.2) is 0 Å². The van der Waals surface area contributed by atoms with E-state index < -0.39 is 0 Å². The van der Waals surface area contributed by atoms with Crippen LogP contribution in [0.4, 0.5) is 0 Å². The van der Waals surface area contributed by atoms with Crippen molar-refractivity contribution in [3.8, 4) is 0 Å². The minimum absolute atomic E-state index is 0.256. The number of hydrogen-bond acceptors (Lipinski definition) is 3. The van der Waals surface area contributed by atoms with Gasteiger partial charge in [0.1, 0.15) is 0 Å². The van der Waals surface area contributed by atoms with Crippen molar-refractivity contribution < 1.29 is 9.90 Å². The number of amides is 1. The van der Waals surface area contributed by atoms with E-state index in [1.54, 1.807) is 0 Å². The quantitative estimate of drug-likeness (QED) is 0.645. The van der Waals surface area contributed by atoms with Crippen LogP contribution in [-0.4, -0.2) is 49.2 Å². The predicted octanol–water partition coefficient (Wildman–Crippen LogP) is 1.39. The molecule has 1 aliphatic heterocycles. The Morgan fingerprint density at radius 3 is 2.89 bits per heavy atom. The second kappa shape index (κ2) is 9.34. The maximum atomic E-state index is 11.9. The fourth-order valence-electron chi connectivity index (χ4n) is 2.45. The van der Waals surface area contributed by atoms with E-state index in [2.05, 4.69) is 5.32 Å². The summed E-state index contributed by atoms with van der Waals surface area (Å²) in [4.78, 5) is 13.7. The highest BCUT2D eigenvalue weighted by atomic mass is 16.2. The van der Waals surface area contributed by atoms with Gasteiger partial charge in [0.25, 0.3) is 0 Å². The van der Waals surface area contributed by atoms with Crippen LogP contribution in [0.25, 0.3) is 0 Å². The Balaban J connectivity index is 2.07. The molecule has 0 aromatic rings. The summed E-state index contributed by atoms with van der Waals surface area (Å²) in [6, 6.07) is 0. The smallest absolute Gasteiger partial charge is 0.222 e. The molecule has 1 rings (SSSR count). The number of carbonyl (C=O) groups is 1. The van der Waals surface area contributed by atoms with Gasteiger partial charge in [0.2, 0.25) is 5.91 Å². The van der Waals surface area contributed by atoms with Crippen LogP contribution in [0.2, 0.25) is 0 Å². The lowest BCUT2D eigenvalue weighted by Gasteiger charge is -2.23. The van der Waals surface area contributed by atoms with E-state index in [0.717, 1.165) is 45.3 Å². The maximum Gasteiger partial charge on any atom is 0.222 e. The molecule has 4 nitrogen and oxygen atoms in total. The molecule has 1 saturated heterocycles. The molecule has 1 heterocycles. The molecule has 0 aromatic heterocycles. The molecule has 1 unspecified atom stereocenters. The fraction of sp³-hybridized carbons (Fsp3) is 0.929. The van der Waals surface area contributed by atoms with Crippen molar-refractivity contribution in [2.75, 3.05) is 33.3 Å². The highest BCUT2D eigenvalue weighted by Gasteiger charge is 2.15. The van der Waals surface area contributed by atoms with Crippen molar-refractivity contribution in [3.05, 3.63) is 0 Å². The van der Waals surface area contributed by atoms with Gasteiger partial charge in [-0.05, 0) is 57.5 Å². The van der Waals surface area contributed by atoms with E-state index >= 15 is 0 Å². The van der Waals surface area contributed by atoms with E-state index in [1.165, 1.54) is 12.8 Å². The molecule has 0 saturated carbocycles. The van der Waals surface area contributed by atoms with Crippen LogP contribution >= 0.6 is 0 Å². The molecular weight excluding hydrogens is 228 g/mol. The number of carbonyl (C=O) groups excluding carboxylic acids is 1. The summed E-state index contributed by atoms with van der Waals surface area (Å²) in [5.74, 6) is 0.954. The maximum absolute atomic E-state index is 11.9. The molecular formula is C14H28N2O2. The Morgan fingerprint density at radius 2 is 2.22 bits per heavy atom. The second-order valence-corrected chi connectivity index (χ2v) is 5.35. The lowest BCUT2D eigenvalue weighted by atomic mass is 9.94. The van der Waals surface area contributed by atoms with Crippen LogP contribution < -0.4 is 5.32 Å². The summed E-state index contributed by atoms with van der Waals surface area (Å²) >= 11 is 0. The zero-order valence-electron chi connectivity index (χ0n) is 11.7. The van der Waals surface area contributed by atoms with E-state index in [9.17, 15) is 4.79 Å². The molecule has 0 radical (unpaired) electrons. The van der Waals surface area contributed by atoms with Gasteiger partial charge in [0.05, 0.1) is 0 Å². The van der Waals surface area contributed by atoms with E-state index in [4.69, 9.17) is 5.11 Å². The van der Waals surface area contributed by atoms with Crippen LogP contribution in [0.5, 0.6) is 0 Å². The van der Waals surface area contributed by atoms with Gasteiger partial charge < -0.3 is 15.3 Å². The molecule has 0 spiro atoms. The number of aliphatic hydroxyl groups is 1. The predicted molar refractivity (Wildman–Crippen MR) is 73.4 cm³/mol. The lowest BCUT2D eigenvalue weighted by molar-refractivity contribution is -0.130. The second-order valence-electron chi connectivity index (χ2n) is 5.35. The van der Waals surface area contributed by atoms with Crippen molar-refractivity contribution in [2.45, 2.75) is 44.9 Å². The normalized spacial score (nSPS) is 19.8. The summed E-state index contributed by atoms with van der Waals surface area (Å²) in [6.45, 7) is 3.29. The van der Waals surface area contributed by atoms with Crippen LogP contribution in [0, 0.1) is 5.92 Å². The molecule has 0 aliphatic carbocycles. The van der Waals surface area contributed by atoms with E-state index in [0.29, 0.717) is 12.3 Å². The summed E-state index contributed by atoms with van der Waals surface area (Å²) < 4.78 is 0. The van der Waals surface area contributed by atoms with Gasteiger partial charge in [-0.3, -0.25) is 4.79 Å². The minimum Gasteiger partial charge on any atom is -0.396 e. The van der Waals surface area contributed by atoms with Crippen molar-refractivity contribution in [1.82, 2.24) is 10.2 Å². The van der Waals surface area contributed by atoms with Crippen molar-refractivity contribution in [3.63, 3.8) is 0 Å². The average molecular weight is 256 g/mol. The SMILES string of the molecule is CN(CCCCCO)C(=O)CCC1CCCNC1. The molecule has 1 atom stereocenters. The molecule has 0 aromatic carbocycles. The molecule has 0 bridgehead atoms. The van der Waals surface area contributed by atoms with Gasteiger partial charge in [-0.2, -0.15) is 0 Å². The van der Waals surface area contributed by atoms with Crippen LogP contribution in [0.1, 0.15) is 44.9 Å². The number of aliphatic hydroxyl groups excluding tert-OH is 1. The van der Waals surface area contributed by atoms with Gasteiger partial charge >= 0.3 is 0 Å².